The number of hydrogen-bond acceptors (Lipinski definition) is 3. The molecule has 0 fully saturated rings. The molecule has 1 unspecified atom stereocenters. The number of carbonyl (C=O) groups excluding carboxylic acids is 1. The molecule has 2 rings (SSSR count). The number of ether oxygens (including phenoxy) is 1. The molecule has 8 heteroatoms. The maximum Gasteiger partial charge on any atom is 0.251 e. The molecular weight excluding hydrogens is 498 g/mol. The molecule has 0 aliphatic carbocycles. The van der Waals surface area contributed by atoms with E-state index in [1.807, 2.05) is 26.0 Å². The first-order valence-electron chi connectivity index (χ1n) is 9.81. The lowest BCUT2D eigenvalue weighted by Crippen LogP contribution is -2.42. The third kappa shape index (κ3) is 8.56. The number of amides is 1. The number of nitrogens with one attached hydrogen (secondary N) is 3. The summed E-state index contributed by atoms with van der Waals surface area (Å²) in [6.45, 7) is 5.75. The normalized spacial score (nSPS) is 11.8. The lowest BCUT2D eigenvalue weighted by Gasteiger charge is -2.20. The van der Waals surface area contributed by atoms with Crippen LogP contribution in [0.15, 0.2) is 53.5 Å². The van der Waals surface area contributed by atoms with Crippen LogP contribution < -0.4 is 20.7 Å². The van der Waals surface area contributed by atoms with Gasteiger partial charge in [-0.2, -0.15) is 0 Å². The molecule has 6 nitrogen and oxygen atoms in total. The Morgan fingerprint density at radius 2 is 1.87 bits per heavy atom. The summed E-state index contributed by atoms with van der Waals surface area (Å²) in [7, 11) is 1.61. The molecule has 0 spiro atoms. The Hall–Kier alpha value is -2.36. The Bertz CT molecular complexity index is 815. The minimum Gasteiger partial charge on any atom is -0.489 e. The second kappa shape index (κ2) is 13.8. The van der Waals surface area contributed by atoms with Crippen molar-refractivity contribution in [1.82, 2.24) is 16.0 Å². The highest BCUT2D eigenvalue weighted by Crippen LogP contribution is 2.14. The Balaban J connectivity index is 0.00000450. The van der Waals surface area contributed by atoms with E-state index >= 15 is 0 Å². The van der Waals surface area contributed by atoms with Gasteiger partial charge in [-0.3, -0.25) is 4.79 Å². The monoisotopic (exact) mass is 528 g/mol. The summed E-state index contributed by atoms with van der Waals surface area (Å²) < 4.78 is 19.2. The van der Waals surface area contributed by atoms with Crippen molar-refractivity contribution < 1.29 is 13.9 Å². The van der Waals surface area contributed by atoms with Crippen LogP contribution >= 0.6 is 24.0 Å². The second-order valence-corrected chi connectivity index (χ2v) is 6.46. The van der Waals surface area contributed by atoms with Crippen molar-refractivity contribution >= 4 is 35.8 Å². The van der Waals surface area contributed by atoms with Crippen molar-refractivity contribution in [2.24, 2.45) is 4.99 Å². The van der Waals surface area contributed by atoms with Gasteiger partial charge in [0.15, 0.2) is 5.96 Å². The van der Waals surface area contributed by atoms with Crippen LogP contribution in [0.1, 0.15) is 36.2 Å². The van der Waals surface area contributed by atoms with Crippen molar-refractivity contribution in [2.45, 2.75) is 32.9 Å². The number of carbonyl (C=O) groups is 1. The van der Waals surface area contributed by atoms with Gasteiger partial charge in [-0.15, -0.1) is 24.0 Å². The quantitative estimate of drug-likeness (QED) is 0.264. The van der Waals surface area contributed by atoms with Crippen LogP contribution in [0.25, 0.3) is 0 Å². The lowest BCUT2D eigenvalue weighted by atomic mass is 10.1. The molecule has 0 radical (unpaired) electrons. The molecule has 164 valence electrons. The molecule has 0 bridgehead atoms. The van der Waals surface area contributed by atoms with Crippen LogP contribution in [0.3, 0.4) is 0 Å². The maximum atomic E-state index is 13.3. The smallest absolute Gasteiger partial charge is 0.251 e. The van der Waals surface area contributed by atoms with E-state index in [1.165, 1.54) is 12.1 Å². The van der Waals surface area contributed by atoms with Gasteiger partial charge in [0.25, 0.3) is 5.91 Å². The van der Waals surface area contributed by atoms with Crippen LogP contribution in [0.5, 0.6) is 5.75 Å². The molecule has 0 aliphatic heterocycles. The van der Waals surface area contributed by atoms with Gasteiger partial charge in [-0.05, 0) is 43.2 Å². The Morgan fingerprint density at radius 1 is 1.13 bits per heavy atom. The van der Waals surface area contributed by atoms with Gasteiger partial charge in [0.05, 0.1) is 13.1 Å². The SMILES string of the molecule is CCNC(=NCc1ccc(C(=O)NC)cc1)NCC(CC)Oc1cccc(F)c1.I. The molecule has 2 aromatic carbocycles. The van der Waals surface area contributed by atoms with E-state index in [0.717, 1.165) is 18.5 Å². The van der Waals surface area contributed by atoms with E-state index < -0.39 is 0 Å². The number of nitrogens with zero attached hydrogens (tertiary/aromatic N) is 1. The molecule has 0 saturated heterocycles. The first-order chi connectivity index (χ1) is 14.0. The molecule has 0 saturated carbocycles. The number of benzene rings is 2. The molecule has 2 aromatic rings. The summed E-state index contributed by atoms with van der Waals surface area (Å²) >= 11 is 0. The summed E-state index contributed by atoms with van der Waals surface area (Å²) in [6, 6.07) is 13.5. The largest absolute Gasteiger partial charge is 0.489 e. The standard InChI is InChI=1S/C22H29FN4O2.HI/c1-4-19(29-20-8-6-7-18(23)13-20)15-27-22(25-5-2)26-14-16-9-11-17(12-10-16)21(28)24-3;/h6-13,19H,4-5,14-15H2,1-3H3,(H,24,28)(H2,25,26,27);1H. The molecule has 0 aliphatic rings. The fourth-order valence-corrected chi connectivity index (χ4v) is 2.63. The van der Waals surface area contributed by atoms with Gasteiger partial charge in [0.1, 0.15) is 17.7 Å². The van der Waals surface area contributed by atoms with Crippen molar-refractivity contribution in [2.75, 3.05) is 20.1 Å². The molecule has 1 amide bonds. The Morgan fingerprint density at radius 3 is 2.47 bits per heavy atom. The number of halogens is 2. The summed E-state index contributed by atoms with van der Waals surface area (Å²) in [6.07, 6.45) is 0.650. The topological polar surface area (TPSA) is 74.8 Å². The zero-order chi connectivity index (χ0) is 21.1. The van der Waals surface area contributed by atoms with Crippen LogP contribution in [0.2, 0.25) is 0 Å². The summed E-state index contributed by atoms with van der Waals surface area (Å²) in [5, 5.41) is 9.08. The Labute approximate surface area is 194 Å². The third-order valence-corrected chi connectivity index (χ3v) is 4.26. The highest BCUT2D eigenvalue weighted by molar-refractivity contribution is 14.0. The molecule has 0 aromatic heterocycles. The van der Waals surface area contributed by atoms with E-state index in [-0.39, 0.29) is 41.8 Å². The molecular formula is C22H30FIN4O2. The lowest BCUT2D eigenvalue weighted by molar-refractivity contribution is 0.0963. The second-order valence-electron chi connectivity index (χ2n) is 6.46. The number of guanidine groups is 1. The molecule has 1 atom stereocenters. The van der Waals surface area contributed by atoms with Crippen LogP contribution in [-0.4, -0.2) is 38.1 Å². The zero-order valence-corrected chi connectivity index (χ0v) is 19.9. The van der Waals surface area contributed by atoms with E-state index in [0.29, 0.717) is 30.4 Å². The van der Waals surface area contributed by atoms with E-state index in [9.17, 15) is 9.18 Å². The minimum absolute atomic E-state index is 0. The Kier molecular flexibility index (Phi) is 11.8. The van der Waals surface area contributed by atoms with Crippen LogP contribution in [-0.2, 0) is 6.54 Å². The van der Waals surface area contributed by atoms with Crippen molar-refractivity contribution in [3.05, 3.63) is 65.5 Å². The van der Waals surface area contributed by atoms with Gasteiger partial charge >= 0.3 is 0 Å². The molecule has 30 heavy (non-hydrogen) atoms. The maximum absolute atomic E-state index is 13.3. The van der Waals surface area contributed by atoms with Gasteiger partial charge in [-0.1, -0.05) is 25.1 Å². The van der Waals surface area contributed by atoms with Crippen LogP contribution in [0, 0.1) is 5.82 Å². The van der Waals surface area contributed by atoms with Gasteiger partial charge < -0.3 is 20.7 Å². The van der Waals surface area contributed by atoms with Gasteiger partial charge in [0, 0.05) is 25.2 Å². The van der Waals surface area contributed by atoms with Gasteiger partial charge in [-0.25, -0.2) is 9.38 Å². The first-order valence-corrected chi connectivity index (χ1v) is 9.81. The van der Waals surface area contributed by atoms with E-state index in [1.54, 1.807) is 31.3 Å². The third-order valence-electron chi connectivity index (χ3n) is 4.26. The fraction of sp³-hybridized carbons (Fsp3) is 0.364. The fourth-order valence-electron chi connectivity index (χ4n) is 2.63. The van der Waals surface area contributed by atoms with Crippen molar-refractivity contribution in [1.29, 1.82) is 0 Å². The number of hydrogen-bond donors (Lipinski definition) is 3. The molecule has 3 N–H and O–H groups in total. The van der Waals surface area contributed by atoms with E-state index in [2.05, 4.69) is 20.9 Å². The predicted molar refractivity (Wildman–Crippen MR) is 129 cm³/mol. The summed E-state index contributed by atoms with van der Waals surface area (Å²) in [5.41, 5.74) is 1.61. The van der Waals surface area contributed by atoms with Crippen LogP contribution in [0.4, 0.5) is 4.39 Å². The predicted octanol–water partition coefficient (Wildman–Crippen LogP) is 3.72. The average molecular weight is 528 g/mol. The molecule has 0 heterocycles. The first kappa shape index (κ1) is 25.7. The van der Waals surface area contributed by atoms with Crippen molar-refractivity contribution in [3.8, 4) is 5.75 Å². The summed E-state index contributed by atoms with van der Waals surface area (Å²) in [5.74, 6) is 0.752. The summed E-state index contributed by atoms with van der Waals surface area (Å²) in [4.78, 5) is 16.2. The van der Waals surface area contributed by atoms with Crippen molar-refractivity contribution in [3.63, 3.8) is 0 Å². The number of aliphatic imine (C=N–C) groups is 1. The highest BCUT2D eigenvalue weighted by atomic mass is 127. The highest BCUT2D eigenvalue weighted by Gasteiger charge is 2.10. The number of rotatable bonds is 9. The van der Waals surface area contributed by atoms with E-state index in [4.69, 9.17) is 4.74 Å². The minimum atomic E-state index is -0.317. The zero-order valence-electron chi connectivity index (χ0n) is 17.6. The van der Waals surface area contributed by atoms with Gasteiger partial charge in [0.2, 0.25) is 0 Å². The average Bonchev–Trinajstić information content (AvgIpc) is 2.74.